The molecule has 0 spiro atoms. The maximum Gasteiger partial charge on any atom is 0.322 e. The molecule has 4 heterocycles. The fourth-order valence-corrected chi connectivity index (χ4v) is 7.47. The largest absolute Gasteiger partial charge is 0.746 e. The first-order valence-corrected chi connectivity index (χ1v) is 14.5. The Labute approximate surface area is 202 Å². The Hall–Kier alpha value is -1.45. The number of hydrogen-bond donors (Lipinski definition) is 3. The number of nitrogens with two attached hydrogens (primary N) is 1. The van der Waals surface area contributed by atoms with E-state index in [1.807, 2.05) is 21.6 Å². The molecule has 0 saturated carbocycles. The van der Waals surface area contributed by atoms with Crippen molar-refractivity contribution in [3.63, 3.8) is 0 Å². The number of aliphatic hydroxyl groups excluding tert-OH is 2. The number of carbonyl (C=O) groups is 1. The van der Waals surface area contributed by atoms with Gasteiger partial charge in [0.1, 0.15) is 30.2 Å². The summed E-state index contributed by atoms with van der Waals surface area (Å²) < 4.78 is 28.2. The monoisotopic (exact) mass is 534 g/mol. The number of carbonyl (C=O) groups excluding carboxylic acids is 1. The van der Waals surface area contributed by atoms with E-state index in [2.05, 4.69) is 19.5 Å². The molecule has 6 atom stereocenters. The number of nitrogens with zero attached hydrogens (tertiary/aromatic N) is 4. The minimum Gasteiger partial charge on any atom is -0.746 e. The van der Waals surface area contributed by atoms with E-state index in [0.717, 1.165) is 25.0 Å². The summed E-state index contributed by atoms with van der Waals surface area (Å²) in [7, 11) is -1.29. The van der Waals surface area contributed by atoms with Crippen LogP contribution in [0, 0.1) is 0 Å². The van der Waals surface area contributed by atoms with Crippen molar-refractivity contribution in [1.29, 1.82) is 0 Å². The van der Waals surface area contributed by atoms with Gasteiger partial charge in [-0.05, 0) is 19.3 Å². The summed E-state index contributed by atoms with van der Waals surface area (Å²) in [5.41, 5.74) is 6.30. The first-order valence-electron chi connectivity index (χ1n) is 10.7. The molecule has 2 aromatic rings. The van der Waals surface area contributed by atoms with Crippen molar-refractivity contribution in [1.82, 2.24) is 19.5 Å². The molecule has 0 radical (unpaired) electrons. The van der Waals surface area contributed by atoms with Crippen LogP contribution >= 0.6 is 29.4 Å². The fourth-order valence-electron chi connectivity index (χ4n) is 3.72. The van der Waals surface area contributed by atoms with Crippen molar-refractivity contribution in [2.24, 2.45) is 0 Å². The minimum atomic E-state index is -4.98. The number of phosphoric ester groups is 1. The van der Waals surface area contributed by atoms with Gasteiger partial charge in [0.25, 0.3) is 0 Å². The number of ether oxygens (including phenoxy) is 1. The summed E-state index contributed by atoms with van der Waals surface area (Å²) in [6, 6.07) is 0. The van der Waals surface area contributed by atoms with E-state index in [-0.39, 0.29) is 23.4 Å². The first-order chi connectivity index (χ1) is 16.2. The van der Waals surface area contributed by atoms with Gasteiger partial charge >= 0.3 is 13.8 Å². The molecule has 1 unspecified atom stereocenters. The highest BCUT2D eigenvalue weighted by atomic mass is 33.1. The van der Waals surface area contributed by atoms with Crippen LogP contribution in [-0.2, 0) is 23.1 Å². The van der Waals surface area contributed by atoms with Crippen LogP contribution in [0.5, 0.6) is 0 Å². The Kier molecular flexibility index (Phi) is 8.36. The van der Waals surface area contributed by atoms with Crippen LogP contribution in [0.4, 0.5) is 5.82 Å². The molecule has 2 saturated heterocycles. The van der Waals surface area contributed by atoms with Gasteiger partial charge in [-0.25, -0.2) is 15.0 Å². The van der Waals surface area contributed by atoms with Gasteiger partial charge in [0.15, 0.2) is 17.7 Å². The van der Waals surface area contributed by atoms with E-state index in [1.54, 1.807) is 0 Å². The summed E-state index contributed by atoms with van der Waals surface area (Å²) in [6.07, 6.45) is 0.650. The molecule has 16 heteroatoms. The topological polar surface area (TPSA) is 195 Å². The highest BCUT2D eigenvalue weighted by Gasteiger charge is 2.45. The van der Waals surface area contributed by atoms with Gasteiger partial charge in [-0.3, -0.25) is 13.9 Å². The third kappa shape index (κ3) is 6.02. The first kappa shape index (κ1) is 25.6. The van der Waals surface area contributed by atoms with Crippen LogP contribution in [0.2, 0.25) is 0 Å². The number of rotatable bonds is 10. The van der Waals surface area contributed by atoms with E-state index >= 15 is 0 Å². The molecule has 2 aliphatic rings. The SMILES string of the molecule is Nc1ncnc2c1ncn2[C@@H]1O[C@H](COP(=O)([O-])OC(=O)CCCC[C@@H]2CCSS2)[C@@H](O)[C@H]1O. The van der Waals surface area contributed by atoms with Crippen molar-refractivity contribution in [2.45, 2.75) is 61.9 Å². The second kappa shape index (κ2) is 11.1. The smallest absolute Gasteiger partial charge is 0.322 e. The van der Waals surface area contributed by atoms with Gasteiger partial charge in [0.05, 0.1) is 12.9 Å². The molecule has 34 heavy (non-hydrogen) atoms. The van der Waals surface area contributed by atoms with E-state index in [9.17, 15) is 24.5 Å². The van der Waals surface area contributed by atoms with E-state index in [4.69, 9.17) is 15.0 Å². The standard InChI is InChI=1S/C18H26N5O8PS2/c19-16-13-17(21-8-20-16)23(9-22-13)18-15(26)14(25)11(30-18)7-29-32(27,28)31-12(24)4-2-1-3-10-5-6-33-34-10/h8-11,14-15,18,25-26H,1-7H2,(H,27,28)(H2,19,20,21)/p-1/t10-,11-,14-,15-,18-/m1/s1. The maximum atomic E-state index is 12.1. The molecule has 2 aromatic heterocycles. The predicted molar refractivity (Wildman–Crippen MR) is 122 cm³/mol. The van der Waals surface area contributed by atoms with Crippen LogP contribution in [0.15, 0.2) is 12.7 Å². The lowest BCUT2D eigenvalue weighted by Gasteiger charge is -2.24. The molecule has 188 valence electrons. The van der Waals surface area contributed by atoms with Gasteiger partial charge in [0.2, 0.25) is 0 Å². The van der Waals surface area contributed by atoms with E-state index < -0.39 is 44.9 Å². The summed E-state index contributed by atoms with van der Waals surface area (Å²) in [4.78, 5) is 35.9. The average Bonchev–Trinajstić information content (AvgIpc) is 3.51. The Bertz CT molecular complexity index is 1050. The molecule has 4 rings (SSSR count). The number of anilines is 1. The Morgan fingerprint density at radius 2 is 2.15 bits per heavy atom. The normalized spacial score (nSPS) is 28.9. The molecular formula is C18H25N5O8PS2-. The Morgan fingerprint density at radius 3 is 2.91 bits per heavy atom. The second-order valence-electron chi connectivity index (χ2n) is 7.91. The quantitative estimate of drug-likeness (QED) is 0.220. The van der Waals surface area contributed by atoms with Crippen molar-refractivity contribution in [3.8, 4) is 0 Å². The summed E-state index contributed by atoms with van der Waals surface area (Å²) >= 11 is 0. The number of nitrogen functional groups attached to an aromatic ring is 1. The van der Waals surface area contributed by atoms with Gasteiger partial charge in [-0.2, -0.15) is 0 Å². The number of phosphoric acid groups is 1. The lowest BCUT2D eigenvalue weighted by Crippen LogP contribution is -2.34. The van der Waals surface area contributed by atoms with Crippen LogP contribution in [0.1, 0.15) is 38.3 Å². The van der Waals surface area contributed by atoms with Crippen LogP contribution < -0.4 is 10.6 Å². The van der Waals surface area contributed by atoms with Crippen LogP contribution in [0.25, 0.3) is 11.2 Å². The lowest BCUT2D eigenvalue weighted by atomic mass is 10.1. The number of imidazole rings is 1. The van der Waals surface area contributed by atoms with Crippen molar-refractivity contribution >= 4 is 52.4 Å². The number of aromatic nitrogens is 4. The van der Waals surface area contributed by atoms with Crippen molar-refractivity contribution < 1.29 is 38.3 Å². The zero-order chi connectivity index (χ0) is 24.3. The van der Waals surface area contributed by atoms with Crippen LogP contribution in [0.3, 0.4) is 0 Å². The van der Waals surface area contributed by atoms with Crippen molar-refractivity contribution in [3.05, 3.63) is 12.7 Å². The van der Waals surface area contributed by atoms with Gasteiger partial charge in [-0.15, -0.1) is 0 Å². The zero-order valence-electron chi connectivity index (χ0n) is 18.0. The molecule has 2 fully saturated rings. The number of unbranched alkanes of at least 4 members (excludes halogenated alkanes) is 1. The summed E-state index contributed by atoms with van der Waals surface area (Å²) in [6.45, 7) is -0.664. The molecule has 4 N–H and O–H groups in total. The van der Waals surface area contributed by atoms with Crippen molar-refractivity contribution in [2.75, 3.05) is 18.1 Å². The third-order valence-corrected chi connectivity index (χ3v) is 9.39. The van der Waals surface area contributed by atoms with E-state index in [0.29, 0.717) is 11.7 Å². The number of hydrogen-bond acceptors (Lipinski definition) is 14. The van der Waals surface area contributed by atoms with Crippen LogP contribution in [-0.4, -0.2) is 71.6 Å². The molecular weight excluding hydrogens is 509 g/mol. The summed E-state index contributed by atoms with van der Waals surface area (Å²) in [5.74, 6) is 0.356. The average molecular weight is 535 g/mol. The second-order valence-corrected chi connectivity index (χ2v) is 12.0. The van der Waals surface area contributed by atoms with Gasteiger partial charge in [0, 0.05) is 17.4 Å². The highest BCUT2D eigenvalue weighted by Crippen LogP contribution is 2.42. The highest BCUT2D eigenvalue weighted by molar-refractivity contribution is 8.77. The molecule has 13 nitrogen and oxygen atoms in total. The summed E-state index contributed by atoms with van der Waals surface area (Å²) in [5, 5.41) is 21.3. The molecule has 0 aromatic carbocycles. The van der Waals surface area contributed by atoms with E-state index in [1.165, 1.54) is 17.2 Å². The van der Waals surface area contributed by atoms with Gasteiger partial charge < -0.3 is 34.6 Å². The Morgan fingerprint density at radius 1 is 1.32 bits per heavy atom. The molecule has 2 aliphatic heterocycles. The minimum absolute atomic E-state index is 0.0395. The number of fused-ring (bicyclic) bond motifs is 1. The Balaban J connectivity index is 1.26. The fraction of sp³-hybridized carbons (Fsp3) is 0.667. The lowest BCUT2D eigenvalue weighted by molar-refractivity contribution is -0.227. The molecule has 0 amide bonds. The molecule has 0 aliphatic carbocycles. The third-order valence-electron chi connectivity index (χ3n) is 5.49. The molecule has 0 bridgehead atoms. The predicted octanol–water partition coefficient (Wildman–Crippen LogP) is 0.770. The number of aliphatic hydroxyl groups is 2. The van der Waals surface area contributed by atoms with Gasteiger partial charge in [-0.1, -0.05) is 28.0 Å². The zero-order valence-corrected chi connectivity index (χ0v) is 20.5. The maximum absolute atomic E-state index is 12.1.